The quantitative estimate of drug-likeness (QED) is 0.268. The van der Waals surface area contributed by atoms with Crippen molar-refractivity contribution in [3.63, 3.8) is 0 Å². The van der Waals surface area contributed by atoms with Gasteiger partial charge in [-0.15, -0.1) is 0 Å². The highest BCUT2D eigenvalue weighted by atomic mass is 32.2. The van der Waals surface area contributed by atoms with Crippen molar-refractivity contribution in [2.45, 2.75) is 24.8 Å². The van der Waals surface area contributed by atoms with Gasteiger partial charge >= 0.3 is 0 Å². The third kappa shape index (κ3) is 6.84. The van der Waals surface area contributed by atoms with Crippen LogP contribution in [0.5, 0.6) is 0 Å². The van der Waals surface area contributed by atoms with Crippen LogP contribution in [-0.2, 0) is 22.1 Å². The molecular weight excluding hydrogens is 454 g/mol. The van der Waals surface area contributed by atoms with Gasteiger partial charge in [-0.25, -0.2) is 4.98 Å². The lowest BCUT2D eigenvalue weighted by Gasteiger charge is -2.11. The summed E-state index contributed by atoms with van der Waals surface area (Å²) in [6.45, 7) is 2.47. The van der Waals surface area contributed by atoms with Gasteiger partial charge in [0.25, 0.3) is 0 Å². The van der Waals surface area contributed by atoms with E-state index in [9.17, 15) is 4.21 Å². The van der Waals surface area contributed by atoms with E-state index >= 15 is 0 Å². The second kappa shape index (κ2) is 12.8. The maximum absolute atomic E-state index is 12.2. The number of nitrogens with zero attached hydrogens (tertiary/aromatic N) is 2. The Labute approximate surface area is 204 Å². The summed E-state index contributed by atoms with van der Waals surface area (Å²) >= 11 is 0. The number of benzene rings is 2. The topological polar surface area (TPSA) is 164 Å². The molecule has 0 radical (unpaired) electrons. The van der Waals surface area contributed by atoms with Crippen LogP contribution in [0.1, 0.15) is 31.8 Å². The van der Waals surface area contributed by atoms with E-state index in [0.29, 0.717) is 34.0 Å². The molecule has 1 atom stereocenters. The van der Waals surface area contributed by atoms with Gasteiger partial charge < -0.3 is 20.6 Å². The summed E-state index contributed by atoms with van der Waals surface area (Å²) in [5.74, 6) is 0.00780. The average Bonchev–Trinajstić information content (AvgIpc) is 2.83. The van der Waals surface area contributed by atoms with Crippen LogP contribution in [0.25, 0.3) is 11.3 Å². The predicted octanol–water partition coefficient (Wildman–Crippen LogP) is 2.70. The zero-order chi connectivity index (χ0) is 23.8. The van der Waals surface area contributed by atoms with Gasteiger partial charge in [0, 0.05) is 37.8 Å². The molecule has 0 fully saturated rings. The molecule has 34 heavy (non-hydrogen) atoms. The molecule has 0 saturated carbocycles. The zero-order valence-electron chi connectivity index (χ0n) is 19.1. The third-order valence-electron chi connectivity index (χ3n) is 4.87. The highest BCUT2D eigenvalue weighted by Crippen LogP contribution is 2.20. The van der Waals surface area contributed by atoms with Crippen molar-refractivity contribution in [3.05, 3.63) is 77.2 Å². The van der Waals surface area contributed by atoms with Gasteiger partial charge in [-0.1, -0.05) is 24.3 Å². The minimum Gasteiger partial charge on any atom is -0.419 e. The number of ether oxygens (including phenoxy) is 1. The lowest BCUT2D eigenvalue weighted by molar-refractivity contribution is 0.296. The molecule has 184 valence electrons. The van der Waals surface area contributed by atoms with Crippen molar-refractivity contribution in [1.29, 1.82) is 10.8 Å². The Morgan fingerprint density at radius 3 is 2.41 bits per heavy atom. The molecule has 0 amide bonds. The second-order valence-electron chi connectivity index (χ2n) is 7.33. The SMILES string of the molecule is CNCc1ccc(C(=N)OC(=N)c2nc(-c3ccc(S(=O)CCCO)cc3)cnc2C)cc1.O.[HH].[HH]. The number of hydrogen-bond donors (Lipinski definition) is 4. The third-order valence-corrected chi connectivity index (χ3v) is 6.33. The first-order valence-electron chi connectivity index (χ1n) is 10.5. The van der Waals surface area contributed by atoms with E-state index in [0.717, 1.165) is 17.7 Å². The fraction of sp³-hybridized carbons (Fsp3) is 0.250. The van der Waals surface area contributed by atoms with E-state index in [1.165, 1.54) is 0 Å². The number of aryl methyl sites for hydroxylation is 1. The Balaban J connectivity index is 0.00000408. The second-order valence-corrected chi connectivity index (χ2v) is 8.90. The van der Waals surface area contributed by atoms with Crippen LogP contribution in [0.4, 0.5) is 0 Å². The highest BCUT2D eigenvalue weighted by molar-refractivity contribution is 7.85. The molecule has 0 spiro atoms. The molecule has 3 aromatic rings. The smallest absolute Gasteiger partial charge is 0.241 e. The number of aliphatic hydroxyl groups excluding tert-OH is 1. The van der Waals surface area contributed by atoms with Crippen LogP contribution in [0, 0.1) is 17.7 Å². The molecule has 6 N–H and O–H groups in total. The largest absolute Gasteiger partial charge is 0.419 e. The van der Waals surface area contributed by atoms with E-state index < -0.39 is 10.8 Å². The summed E-state index contributed by atoms with van der Waals surface area (Å²) in [7, 11) is 0.699. The molecule has 0 bridgehead atoms. The van der Waals surface area contributed by atoms with E-state index in [1.54, 1.807) is 49.5 Å². The first-order chi connectivity index (χ1) is 15.9. The highest BCUT2D eigenvalue weighted by Gasteiger charge is 2.15. The molecule has 0 aliphatic carbocycles. The lowest BCUT2D eigenvalue weighted by atomic mass is 10.1. The molecule has 0 saturated heterocycles. The molecule has 2 aromatic carbocycles. The van der Waals surface area contributed by atoms with Gasteiger partial charge in [-0.2, -0.15) is 0 Å². The Kier molecular flexibility index (Phi) is 10.1. The van der Waals surface area contributed by atoms with Crippen LogP contribution >= 0.6 is 0 Å². The zero-order valence-corrected chi connectivity index (χ0v) is 19.9. The van der Waals surface area contributed by atoms with Crippen molar-refractivity contribution in [2.75, 3.05) is 19.4 Å². The first kappa shape index (κ1) is 26.9. The van der Waals surface area contributed by atoms with Crippen LogP contribution in [0.3, 0.4) is 0 Å². The maximum atomic E-state index is 12.2. The molecule has 1 unspecified atom stereocenters. The molecule has 10 heteroatoms. The monoisotopic (exact) mass is 487 g/mol. The molecule has 0 aliphatic heterocycles. The number of aromatic nitrogens is 2. The summed E-state index contributed by atoms with van der Waals surface area (Å²) < 4.78 is 17.7. The van der Waals surface area contributed by atoms with Crippen LogP contribution in [0.2, 0.25) is 0 Å². The van der Waals surface area contributed by atoms with Gasteiger partial charge in [-0.05, 0) is 50.2 Å². The van der Waals surface area contributed by atoms with E-state index in [1.807, 2.05) is 19.2 Å². The maximum Gasteiger partial charge on any atom is 0.241 e. The van der Waals surface area contributed by atoms with Gasteiger partial charge in [0.15, 0.2) is 0 Å². The molecular formula is C24H33N5O4S. The Bertz CT molecular complexity index is 1160. The van der Waals surface area contributed by atoms with Gasteiger partial charge in [-0.3, -0.25) is 20.0 Å². The van der Waals surface area contributed by atoms with Crippen molar-refractivity contribution < 1.29 is 22.4 Å². The van der Waals surface area contributed by atoms with Crippen LogP contribution in [-0.4, -0.2) is 56.0 Å². The Morgan fingerprint density at radius 2 is 1.79 bits per heavy atom. The Hall–Kier alpha value is -3.31. The number of hydrogen-bond acceptors (Lipinski definition) is 8. The average molecular weight is 488 g/mol. The minimum absolute atomic E-state index is 0. The standard InChI is InChI=1S/C24H27N5O3S.H2O.2H2/c1-16-22(24(26)32-23(25)19-6-4-17(5-7-19)14-27-2)29-21(15-28-16)18-8-10-20(11-9-18)33(31)13-3-12-30;;;/h4-11,15,25-27,30H,3,12-14H2,1-2H3;1H2;2*1H. The van der Waals surface area contributed by atoms with E-state index in [-0.39, 0.29) is 32.4 Å². The summed E-state index contributed by atoms with van der Waals surface area (Å²) in [5, 5.41) is 28.5. The number of rotatable bonds is 9. The Morgan fingerprint density at radius 1 is 1.12 bits per heavy atom. The molecule has 9 nitrogen and oxygen atoms in total. The number of aliphatic hydroxyl groups is 1. The van der Waals surface area contributed by atoms with Gasteiger partial charge in [0.05, 0.1) is 28.4 Å². The molecule has 1 heterocycles. The van der Waals surface area contributed by atoms with Crippen molar-refractivity contribution >= 4 is 22.6 Å². The molecule has 1 aromatic heterocycles. The summed E-state index contributed by atoms with van der Waals surface area (Å²) in [6, 6.07) is 14.5. The molecule has 0 aliphatic rings. The van der Waals surface area contributed by atoms with Gasteiger partial charge in [0.2, 0.25) is 11.8 Å². The van der Waals surface area contributed by atoms with Crippen molar-refractivity contribution in [1.82, 2.24) is 15.3 Å². The summed E-state index contributed by atoms with van der Waals surface area (Å²) in [6.07, 6.45) is 2.09. The fourth-order valence-electron chi connectivity index (χ4n) is 3.08. The predicted molar refractivity (Wildman–Crippen MR) is 137 cm³/mol. The van der Waals surface area contributed by atoms with Crippen molar-refractivity contribution in [2.24, 2.45) is 0 Å². The van der Waals surface area contributed by atoms with Crippen molar-refractivity contribution in [3.8, 4) is 11.3 Å². The fourth-order valence-corrected chi connectivity index (χ4v) is 4.15. The number of nitrogens with one attached hydrogen (secondary N) is 3. The lowest BCUT2D eigenvalue weighted by Crippen LogP contribution is -2.16. The van der Waals surface area contributed by atoms with Gasteiger partial charge in [0.1, 0.15) is 5.69 Å². The summed E-state index contributed by atoms with van der Waals surface area (Å²) in [5.41, 5.74) is 3.71. The summed E-state index contributed by atoms with van der Waals surface area (Å²) in [4.78, 5) is 9.54. The van der Waals surface area contributed by atoms with E-state index in [2.05, 4.69) is 15.3 Å². The molecule has 3 rings (SSSR count). The normalized spacial score (nSPS) is 11.4. The van der Waals surface area contributed by atoms with Crippen LogP contribution in [0.15, 0.2) is 59.6 Å². The van der Waals surface area contributed by atoms with E-state index in [4.69, 9.17) is 20.7 Å². The van der Waals surface area contributed by atoms with Crippen LogP contribution < -0.4 is 5.32 Å². The first-order valence-corrected chi connectivity index (χ1v) is 11.8. The minimum atomic E-state index is -1.17.